The minimum absolute atomic E-state index is 0.0428. The first-order valence-electron chi connectivity index (χ1n) is 14.0. The predicted molar refractivity (Wildman–Crippen MR) is 168 cm³/mol. The van der Waals surface area contributed by atoms with E-state index in [2.05, 4.69) is 10.3 Å². The lowest BCUT2D eigenvalue weighted by Crippen LogP contribution is -2.56. The number of halogens is 1. The minimum atomic E-state index is -1.23. The summed E-state index contributed by atoms with van der Waals surface area (Å²) in [4.78, 5) is 42.9. The first-order chi connectivity index (χ1) is 20.8. The highest BCUT2D eigenvalue weighted by Crippen LogP contribution is 2.37. The van der Waals surface area contributed by atoms with Gasteiger partial charge in [-0.2, -0.15) is 0 Å². The van der Waals surface area contributed by atoms with Crippen molar-refractivity contribution >= 4 is 51.6 Å². The third-order valence-electron chi connectivity index (χ3n) is 7.21. The second-order valence-corrected chi connectivity index (χ2v) is 11.2. The lowest BCUT2D eigenvalue weighted by atomic mass is 9.88. The largest absolute Gasteiger partial charge is 0.493 e. The number of nitrogens with one attached hydrogen (secondary N) is 2. The summed E-state index contributed by atoms with van der Waals surface area (Å²) < 4.78 is 17.7. The average Bonchev–Trinajstić information content (AvgIpc) is 3.44. The number of ether oxygens (including phenoxy) is 3. The standard InChI is InChI=1S/C31H36IN3O8/c1-3-42-18-28(38)35(10-8-22-14-20-6-4-5-7-24(20)34-22)25-15-21(31(40)33-9-11-36)16-26(29(25)39)43-30-23(32)12-19(17-37)13-27(30)41-2/h4-7,12-14,16-17,25-26,29,34,36,39H,3,8-11,15,18H2,1-2H3,(H,33,40). The molecule has 0 fully saturated rings. The van der Waals surface area contributed by atoms with Crippen LogP contribution in [0.2, 0.25) is 0 Å². The van der Waals surface area contributed by atoms with Gasteiger partial charge in [0, 0.05) is 54.9 Å². The summed E-state index contributed by atoms with van der Waals surface area (Å²) in [6, 6.07) is 12.2. The highest BCUT2D eigenvalue weighted by Gasteiger charge is 2.41. The highest BCUT2D eigenvalue weighted by molar-refractivity contribution is 14.1. The lowest BCUT2D eigenvalue weighted by molar-refractivity contribution is -0.143. The number of methoxy groups -OCH3 is 1. The molecule has 2 amide bonds. The Hall–Kier alpha value is -3.46. The Labute approximate surface area is 263 Å². The first-order valence-corrected chi connectivity index (χ1v) is 15.1. The SMILES string of the molecule is CCOCC(=O)N(CCc1cc2ccccc2[nH]1)C1CC(C(=O)NCCO)=CC(Oc2c(I)cc(C=O)cc2OC)C1O. The van der Waals surface area contributed by atoms with Crippen LogP contribution in [0.25, 0.3) is 10.9 Å². The van der Waals surface area contributed by atoms with E-state index in [-0.39, 0.29) is 50.1 Å². The molecule has 230 valence electrons. The number of hydrogen-bond donors (Lipinski definition) is 4. The number of rotatable bonds is 14. The van der Waals surface area contributed by atoms with Crippen LogP contribution in [0.1, 0.15) is 29.4 Å². The van der Waals surface area contributed by atoms with E-state index < -0.39 is 24.2 Å². The van der Waals surface area contributed by atoms with Crippen LogP contribution >= 0.6 is 22.6 Å². The smallest absolute Gasteiger partial charge is 0.248 e. The summed E-state index contributed by atoms with van der Waals surface area (Å²) in [6.45, 7) is 1.98. The van der Waals surface area contributed by atoms with E-state index in [1.54, 1.807) is 17.9 Å². The maximum Gasteiger partial charge on any atom is 0.248 e. The number of aromatic amines is 1. The van der Waals surface area contributed by atoms with E-state index in [0.717, 1.165) is 16.6 Å². The molecule has 0 radical (unpaired) electrons. The van der Waals surface area contributed by atoms with E-state index in [1.165, 1.54) is 19.3 Å². The Kier molecular flexibility index (Phi) is 11.6. The topological polar surface area (TPSA) is 150 Å². The zero-order valence-corrected chi connectivity index (χ0v) is 26.2. The minimum Gasteiger partial charge on any atom is -0.493 e. The number of amides is 2. The van der Waals surface area contributed by atoms with Crippen molar-refractivity contribution in [1.82, 2.24) is 15.2 Å². The molecule has 0 aliphatic heterocycles. The monoisotopic (exact) mass is 705 g/mol. The zero-order valence-electron chi connectivity index (χ0n) is 24.0. The Morgan fingerprint density at radius 3 is 2.72 bits per heavy atom. The number of carbonyl (C=O) groups excluding carboxylic acids is 3. The van der Waals surface area contributed by atoms with Crippen LogP contribution < -0.4 is 14.8 Å². The molecule has 0 saturated carbocycles. The Bertz CT molecular complexity index is 1440. The molecule has 11 nitrogen and oxygen atoms in total. The third-order valence-corrected chi connectivity index (χ3v) is 8.02. The maximum absolute atomic E-state index is 13.5. The van der Waals surface area contributed by atoms with Crippen molar-refractivity contribution in [3.63, 3.8) is 0 Å². The number of aliphatic hydroxyl groups is 2. The molecular formula is C31H36IN3O8. The lowest BCUT2D eigenvalue weighted by Gasteiger charge is -2.40. The van der Waals surface area contributed by atoms with Crippen LogP contribution in [-0.4, -0.2) is 96.5 Å². The molecule has 3 atom stereocenters. The van der Waals surface area contributed by atoms with Crippen LogP contribution in [0.5, 0.6) is 11.5 Å². The van der Waals surface area contributed by atoms with E-state index >= 15 is 0 Å². The molecule has 2 aromatic carbocycles. The van der Waals surface area contributed by atoms with Gasteiger partial charge in [0.25, 0.3) is 0 Å². The van der Waals surface area contributed by atoms with Crippen LogP contribution in [-0.2, 0) is 20.7 Å². The molecule has 3 aromatic rings. The van der Waals surface area contributed by atoms with Crippen molar-refractivity contribution in [2.24, 2.45) is 0 Å². The second kappa shape index (κ2) is 15.3. The molecule has 1 aliphatic carbocycles. The molecule has 1 heterocycles. The van der Waals surface area contributed by atoms with Gasteiger partial charge in [0.1, 0.15) is 25.1 Å². The van der Waals surface area contributed by atoms with Gasteiger partial charge in [-0.15, -0.1) is 0 Å². The summed E-state index contributed by atoms with van der Waals surface area (Å²) >= 11 is 2.01. The number of aldehydes is 1. The molecule has 0 spiro atoms. The van der Waals surface area contributed by atoms with Gasteiger partial charge < -0.3 is 39.6 Å². The van der Waals surface area contributed by atoms with Gasteiger partial charge >= 0.3 is 0 Å². The van der Waals surface area contributed by atoms with Gasteiger partial charge in [-0.25, -0.2) is 0 Å². The Morgan fingerprint density at radius 1 is 1.23 bits per heavy atom. The fraction of sp³-hybridized carbons (Fsp3) is 0.387. The molecule has 0 saturated heterocycles. The third kappa shape index (κ3) is 7.93. The molecular weight excluding hydrogens is 669 g/mol. The van der Waals surface area contributed by atoms with Crippen LogP contribution in [0.15, 0.2) is 54.1 Å². The number of carbonyl (C=O) groups is 3. The van der Waals surface area contributed by atoms with Gasteiger partial charge in [0.2, 0.25) is 11.8 Å². The Balaban J connectivity index is 1.68. The quantitative estimate of drug-likeness (QED) is 0.148. The van der Waals surface area contributed by atoms with Crippen molar-refractivity contribution in [2.45, 2.75) is 38.0 Å². The number of fused-ring (bicyclic) bond motifs is 1. The molecule has 1 aromatic heterocycles. The zero-order chi connectivity index (χ0) is 30.9. The predicted octanol–water partition coefficient (Wildman–Crippen LogP) is 2.62. The summed E-state index contributed by atoms with van der Waals surface area (Å²) in [7, 11) is 1.44. The van der Waals surface area contributed by atoms with E-state index in [4.69, 9.17) is 14.2 Å². The number of benzene rings is 2. The maximum atomic E-state index is 13.5. The van der Waals surface area contributed by atoms with Crippen molar-refractivity contribution < 1.29 is 38.8 Å². The van der Waals surface area contributed by atoms with Crippen LogP contribution in [0.3, 0.4) is 0 Å². The van der Waals surface area contributed by atoms with Gasteiger partial charge in [-0.1, -0.05) is 18.2 Å². The second-order valence-electron chi connectivity index (χ2n) is 10.0. The molecule has 4 rings (SSSR count). The molecule has 12 heteroatoms. The number of aliphatic hydroxyl groups excluding tert-OH is 2. The van der Waals surface area contributed by atoms with Crippen molar-refractivity contribution in [2.75, 3.05) is 40.0 Å². The average molecular weight is 706 g/mol. The van der Waals surface area contributed by atoms with E-state index in [0.29, 0.717) is 34.0 Å². The van der Waals surface area contributed by atoms with E-state index in [9.17, 15) is 24.6 Å². The molecule has 1 aliphatic rings. The van der Waals surface area contributed by atoms with Crippen molar-refractivity contribution in [3.05, 3.63) is 68.9 Å². The number of nitrogens with zero attached hydrogens (tertiary/aromatic N) is 1. The molecule has 3 unspecified atom stereocenters. The molecule has 0 bridgehead atoms. The number of hydrogen-bond acceptors (Lipinski definition) is 8. The van der Waals surface area contributed by atoms with Gasteiger partial charge in [-0.3, -0.25) is 14.4 Å². The number of aromatic nitrogens is 1. The van der Waals surface area contributed by atoms with Crippen molar-refractivity contribution in [1.29, 1.82) is 0 Å². The number of para-hydroxylation sites is 1. The highest BCUT2D eigenvalue weighted by atomic mass is 127. The van der Waals surface area contributed by atoms with Crippen molar-refractivity contribution in [3.8, 4) is 11.5 Å². The normalized spacial score (nSPS) is 18.2. The van der Waals surface area contributed by atoms with Gasteiger partial charge in [-0.05, 0) is 65.2 Å². The summed E-state index contributed by atoms with van der Waals surface area (Å²) in [5, 5.41) is 24.6. The fourth-order valence-electron chi connectivity index (χ4n) is 5.09. The van der Waals surface area contributed by atoms with Gasteiger partial charge in [0.05, 0.1) is 23.3 Å². The summed E-state index contributed by atoms with van der Waals surface area (Å²) in [5.74, 6) is -0.202. The summed E-state index contributed by atoms with van der Waals surface area (Å²) in [5.41, 5.74) is 2.58. The summed E-state index contributed by atoms with van der Waals surface area (Å²) in [6.07, 6.45) is 0.470. The first kappa shape index (κ1) is 32.5. The van der Waals surface area contributed by atoms with Crippen LogP contribution in [0.4, 0.5) is 0 Å². The van der Waals surface area contributed by atoms with E-state index in [1.807, 2.05) is 52.9 Å². The van der Waals surface area contributed by atoms with Gasteiger partial charge in [0.15, 0.2) is 11.5 Å². The van der Waals surface area contributed by atoms with Crippen LogP contribution in [0, 0.1) is 3.57 Å². The molecule has 43 heavy (non-hydrogen) atoms. The Morgan fingerprint density at radius 2 is 2.02 bits per heavy atom. The number of H-pyrrole nitrogens is 1. The molecule has 4 N–H and O–H groups in total. The fourth-order valence-corrected chi connectivity index (χ4v) is 5.85.